The zero-order valence-corrected chi connectivity index (χ0v) is 16.1. The zero-order valence-electron chi connectivity index (χ0n) is 14.4. The lowest BCUT2D eigenvalue weighted by atomic mass is 10.3. The van der Waals surface area contributed by atoms with Gasteiger partial charge in [-0.1, -0.05) is 11.6 Å². The number of hydrogen-bond donors (Lipinski definition) is 3. The van der Waals surface area contributed by atoms with E-state index in [4.69, 9.17) is 26.8 Å². The molecule has 0 heterocycles. The summed E-state index contributed by atoms with van der Waals surface area (Å²) in [5.41, 5.74) is 4.77. The van der Waals surface area contributed by atoms with Crippen LogP contribution in [0, 0.1) is 0 Å². The number of nitrogens with one attached hydrogen (secondary N) is 1. The number of hydrogen-bond acceptors (Lipinski definition) is 6. The predicted octanol–water partition coefficient (Wildman–Crippen LogP) is 2.50. The number of carbonyl (C=O) groups is 2. The number of ether oxygens (including phenoxy) is 2. The quantitative estimate of drug-likeness (QED) is 0.519. The molecule has 0 fully saturated rings. The topological polar surface area (TPSA) is 111 Å². The van der Waals surface area contributed by atoms with E-state index < -0.39 is 13.7 Å². The first-order valence-electron chi connectivity index (χ1n) is 8.10. The van der Waals surface area contributed by atoms with Crippen molar-refractivity contribution in [3.63, 3.8) is 0 Å². The first-order chi connectivity index (χ1) is 13.0. The normalized spacial score (nSPS) is 11.5. The Bertz CT molecular complexity index is 755. The molecule has 0 aliphatic heterocycles. The van der Waals surface area contributed by atoms with Crippen molar-refractivity contribution in [3.8, 4) is 17.2 Å². The average Bonchev–Trinajstić information content (AvgIpc) is 2.68. The maximum atomic E-state index is 11.7. The van der Waals surface area contributed by atoms with Crippen LogP contribution in [0.25, 0.3) is 0 Å². The standard InChI is InChI=1S/C18H20ClN2O5P/c19-13-1-3-15(4-2-13)26-16-7-5-14(6-8-16)25-12-17(22)21-9-10-27(24)18(23)11-20/h1-8,24H,9-12,20H2,(H,21,22). The molecule has 1 unspecified atom stereocenters. The van der Waals surface area contributed by atoms with Gasteiger partial charge >= 0.3 is 0 Å². The van der Waals surface area contributed by atoms with Crippen molar-refractivity contribution in [1.29, 1.82) is 0 Å². The molecule has 1 atom stereocenters. The Hall–Kier alpha value is -2.18. The molecular weight excluding hydrogens is 391 g/mol. The third-order valence-electron chi connectivity index (χ3n) is 3.35. The fourth-order valence-corrected chi connectivity index (χ4v) is 2.88. The van der Waals surface area contributed by atoms with Crippen LogP contribution in [0.5, 0.6) is 17.2 Å². The molecule has 2 aromatic rings. The van der Waals surface area contributed by atoms with Gasteiger partial charge < -0.3 is 25.4 Å². The Kier molecular flexibility index (Phi) is 8.48. The molecule has 0 aliphatic rings. The first-order valence-corrected chi connectivity index (χ1v) is 9.96. The van der Waals surface area contributed by atoms with Crippen molar-refractivity contribution < 1.29 is 24.0 Å². The number of carbonyl (C=O) groups excluding carboxylic acids is 2. The molecule has 4 N–H and O–H groups in total. The molecule has 144 valence electrons. The van der Waals surface area contributed by atoms with Crippen molar-refractivity contribution in [2.24, 2.45) is 5.73 Å². The predicted molar refractivity (Wildman–Crippen MR) is 105 cm³/mol. The maximum absolute atomic E-state index is 11.7. The number of amides is 1. The first kappa shape index (κ1) is 21.1. The summed E-state index contributed by atoms with van der Waals surface area (Å²) in [7, 11) is -1.79. The maximum Gasteiger partial charge on any atom is 0.257 e. The Morgan fingerprint density at radius 2 is 1.59 bits per heavy atom. The molecule has 0 saturated heterocycles. The van der Waals surface area contributed by atoms with Crippen molar-refractivity contribution in [2.75, 3.05) is 25.9 Å². The van der Waals surface area contributed by atoms with E-state index in [1.807, 2.05) is 0 Å². The zero-order chi connectivity index (χ0) is 19.6. The van der Waals surface area contributed by atoms with Gasteiger partial charge in [0.15, 0.2) is 12.1 Å². The number of rotatable bonds is 10. The van der Waals surface area contributed by atoms with Crippen LogP contribution in [0.1, 0.15) is 0 Å². The van der Waals surface area contributed by atoms with Crippen molar-refractivity contribution >= 4 is 31.2 Å². The number of benzene rings is 2. The molecule has 0 aromatic heterocycles. The van der Waals surface area contributed by atoms with E-state index in [2.05, 4.69) is 5.32 Å². The summed E-state index contributed by atoms with van der Waals surface area (Å²) in [6.07, 6.45) is 0.174. The Balaban J connectivity index is 1.72. The summed E-state index contributed by atoms with van der Waals surface area (Å²) in [6, 6.07) is 13.8. The van der Waals surface area contributed by atoms with Crippen LogP contribution in [0.3, 0.4) is 0 Å². The SMILES string of the molecule is NCC(=O)P(O)CCNC(=O)COc1ccc(Oc2ccc(Cl)cc2)cc1. The average molecular weight is 411 g/mol. The highest BCUT2D eigenvalue weighted by Gasteiger charge is 2.13. The van der Waals surface area contributed by atoms with E-state index >= 15 is 0 Å². The van der Waals surface area contributed by atoms with Gasteiger partial charge in [-0.25, -0.2) is 0 Å². The highest BCUT2D eigenvalue weighted by molar-refractivity contribution is 7.69. The van der Waals surface area contributed by atoms with Gasteiger partial charge in [-0.15, -0.1) is 0 Å². The summed E-state index contributed by atoms with van der Waals surface area (Å²) < 4.78 is 11.1. The monoisotopic (exact) mass is 410 g/mol. The van der Waals surface area contributed by atoms with Gasteiger partial charge in [-0.3, -0.25) is 9.59 Å². The van der Waals surface area contributed by atoms with Crippen molar-refractivity contribution in [3.05, 3.63) is 53.6 Å². The van der Waals surface area contributed by atoms with Gasteiger partial charge in [0.25, 0.3) is 5.91 Å². The molecular formula is C18H20ClN2O5P. The summed E-state index contributed by atoms with van der Waals surface area (Å²) >= 11 is 5.83. The molecule has 1 amide bonds. The van der Waals surface area contributed by atoms with Gasteiger partial charge in [0.05, 0.1) is 14.7 Å². The lowest BCUT2D eigenvalue weighted by molar-refractivity contribution is -0.123. The third-order valence-corrected chi connectivity index (χ3v) is 5.01. The minimum atomic E-state index is -1.79. The smallest absolute Gasteiger partial charge is 0.257 e. The third kappa shape index (κ3) is 7.53. The molecule has 0 bridgehead atoms. The Morgan fingerprint density at radius 1 is 1.04 bits per heavy atom. The van der Waals surface area contributed by atoms with Crippen molar-refractivity contribution in [1.82, 2.24) is 5.32 Å². The van der Waals surface area contributed by atoms with E-state index in [0.29, 0.717) is 22.3 Å². The lowest BCUT2D eigenvalue weighted by Crippen LogP contribution is -2.31. The molecule has 7 nitrogen and oxygen atoms in total. The van der Waals surface area contributed by atoms with Crippen LogP contribution in [0.2, 0.25) is 5.02 Å². The molecule has 0 saturated carbocycles. The molecule has 9 heteroatoms. The Labute approximate surface area is 163 Å². The van der Waals surface area contributed by atoms with Gasteiger partial charge in [-0.05, 0) is 48.5 Å². The second kappa shape index (κ2) is 10.8. The second-order valence-electron chi connectivity index (χ2n) is 5.39. The molecule has 0 radical (unpaired) electrons. The van der Waals surface area contributed by atoms with Crippen LogP contribution in [-0.4, -0.2) is 42.2 Å². The van der Waals surface area contributed by atoms with E-state index in [9.17, 15) is 14.5 Å². The lowest BCUT2D eigenvalue weighted by Gasteiger charge is -2.10. The molecule has 27 heavy (non-hydrogen) atoms. The van der Waals surface area contributed by atoms with Gasteiger partial charge in [0.2, 0.25) is 0 Å². The summed E-state index contributed by atoms with van der Waals surface area (Å²) in [6.45, 7) is -0.188. The van der Waals surface area contributed by atoms with Gasteiger partial charge in [-0.2, -0.15) is 0 Å². The summed E-state index contributed by atoms with van der Waals surface area (Å²) in [5.74, 6) is 1.44. The van der Waals surface area contributed by atoms with E-state index in [1.54, 1.807) is 48.5 Å². The minimum absolute atomic E-state index is 0.174. The van der Waals surface area contributed by atoms with E-state index in [-0.39, 0.29) is 31.8 Å². The highest BCUT2D eigenvalue weighted by atomic mass is 35.5. The van der Waals surface area contributed by atoms with Crippen molar-refractivity contribution in [2.45, 2.75) is 0 Å². The molecule has 0 aliphatic carbocycles. The van der Waals surface area contributed by atoms with Crippen LogP contribution in [0.4, 0.5) is 0 Å². The summed E-state index contributed by atoms with van der Waals surface area (Å²) in [5, 5.41) is 3.21. The number of nitrogens with two attached hydrogens (primary N) is 1. The molecule has 2 aromatic carbocycles. The van der Waals surface area contributed by atoms with E-state index in [1.165, 1.54) is 0 Å². The van der Waals surface area contributed by atoms with Crippen LogP contribution in [0.15, 0.2) is 48.5 Å². The summed E-state index contributed by atoms with van der Waals surface area (Å²) in [4.78, 5) is 32.4. The molecule has 0 spiro atoms. The van der Waals surface area contributed by atoms with Crippen LogP contribution < -0.4 is 20.5 Å². The van der Waals surface area contributed by atoms with Gasteiger partial charge in [0, 0.05) is 17.7 Å². The fourth-order valence-electron chi connectivity index (χ4n) is 1.97. The largest absolute Gasteiger partial charge is 0.484 e. The van der Waals surface area contributed by atoms with Crippen LogP contribution in [-0.2, 0) is 9.59 Å². The van der Waals surface area contributed by atoms with Gasteiger partial charge in [0.1, 0.15) is 17.2 Å². The van der Waals surface area contributed by atoms with E-state index in [0.717, 1.165) is 0 Å². The second-order valence-corrected chi connectivity index (χ2v) is 7.57. The minimum Gasteiger partial charge on any atom is -0.484 e. The molecule has 2 rings (SSSR count). The Morgan fingerprint density at radius 3 is 2.19 bits per heavy atom. The fraction of sp³-hybridized carbons (Fsp3) is 0.222. The van der Waals surface area contributed by atoms with Crippen LogP contribution >= 0.6 is 19.7 Å². The number of halogens is 1. The highest BCUT2D eigenvalue weighted by Crippen LogP contribution is 2.29.